The third-order valence-electron chi connectivity index (χ3n) is 2.56. The van der Waals surface area contributed by atoms with Crippen LogP contribution >= 0.6 is 0 Å². The van der Waals surface area contributed by atoms with Crippen molar-refractivity contribution in [2.75, 3.05) is 6.61 Å². The van der Waals surface area contributed by atoms with E-state index in [1.54, 1.807) is 12.1 Å². The van der Waals surface area contributed by atoms with E-state index in [1.165, 1.54) is 12.1 Å². The van der Waals surface area contributed by atoms with Crippen molar-refractivity contribution in [2.45, 2.75) is 33.1 Å². The van der Waals surface area contributed by atoms with Crippen LogP contribution in [0.25, 0.3) is 0 Å². The highest BCUT2D eigenvalue weighted by Gasteiger charge is 2.15. The first-order chi connectivity index (χ1) is 8.03. The average molecular weight is 235 g/mol. The number of ether oxygens (including phenoxy) is 1. The van der Waals surface area contributed by atoms with Crippen molar-refractivity contribution in [3.8, 4) is 11.8 Å². The monoisotopic (exact) mass is 235 g/mol. The highest BCUT2D eigenvalue weighted by Crippen LogP contribution is 2.21. The SMILES string of the molecule is CC(C)(C#N)CCCCOc1cccc(F)c1. The van der Waals surface area contributed by atoms with E-state index in [0.29, 0.717) is 12.4 Å². The lowest BCUT2D eigenvalue weighted by Gasteiger charge is -2.14. The van der Waals surface area contributed by atoms with Crippen LogP contribution in [-0.4, -0.2) is 6.61 Å². The van der Waals surface area contributed by atoms with Crippen molar-refractivity contribution in [3.05, 3.63) is 30.1 Å². The summed E-state index contributed by atoms with van der Waals surface area (Å²) >= 11 is 0. The maximum absolute atomic E-state index is 12.8. The Kier molecular flexibility index (Phi) is 4.96. The first kappa shape index (κ1) is 13.5. The van der Waals surface area contributed by atoms with E-state index >= 15 is 0 Å². The van der Waals surface area contributed by atoms with Crippen molar-refractivity contribution < 1.29 is 9.13 Å². The molecule has 92 valence electrons. The Morgan fingerprint density at radius 1 is 1.35 bits per heavy atom. The minimum absolute atomic E-state index is 0.265. The van der Waals surface area contributed by atoms with Gasteiger partial charge in [-0.15, -0.1) is 0 Å². The molecule has 0 fully saturated rings. The predicted molar refractivity (Wildman–Crippen MR) is 65.1 cm³/mol. The fourth-order valence-electron chi connectivity index (χ4n) is 1.47. The number of benzene rings is 1. The number of rotatable bonds is 6. The molecule has 0 aromatic heterocycles. The van der Waals surface area contributed by atoms with Crippen LogP contribution in [0.4, 0.5) is 4.39 Å². The van der Waals surface area contributed by atoms with Gasteiger partial charge < -0.3 is 4.74 Å². The van der Waals surface area contributed by atoms with Crippen LogP contribution in [-0.2, 0) is 0 Å². The summed E-state index contributed by atoms with van der Waals surface area (Å²) in [6.45, 7) is 4.42. The molecule has 17 heavy (non-hydrogen) atoms. The van der Waals surface area contributed by atoms with Gasteiger partial charge in [-0.1, -0.05) is 6.07 Å². The van der Waals surface area contributed by atoms with Crippen LogP contribution in [0.1, 0.15) is 33.1 Å². The maximum atomic E-state index is 12.8. The van der Waals surface area contributed by atoms with Gasteiger partial charge >= 0.3 is 0 Å². The Hall–Kier alpha value is -1.56. The molecule has 0 aliphatic heterocycles. The van der Waals surface area contributed by atoms with Gasteiger partial charge in [-0.05, 0) is 45.2 Å². The highest BCUT2D eigenvalue weighted by atomic mass is 19.1. The first-order valence-electron chi connectivity index (χ1n) is 5.83. The van der Waals surface area contributed by atoms with E-state index in [-0.39, 0.29) is 11.2 Å². The number of halogens is 1. The lowest BCUT2D eigenvalue weighted by atomic mass is 9.89. The molecule has 0 heterocycles. The molecule has 0 radical (unpaired) electrons. The van der Waals surface area contributed by atoms with Gasteiger partial charge in [-0.3, -0.25) is 0 Å². The second-order valence-corrected chi connectivity index (χ2v) is 4.76. The van der Waals surface area contributed by atoms with E-state index in [1.807, 2.05) is 13.8 Å². The summed E-state index contributed by atoms with van der Waals surface area (Å²) < 4.78 is 18.2. The second kappa shape index (κ2) is 6.24. The zero-order valence-corrected chi connectivity index (χ0v) is 10.4. The van der Waals surface area contributed by atoms with Crippen LogP contribution in [0.3, 0.4) is 0 Å². The van der Waals surface area contributed by atoms with Crippen LogP contribution < -0.4 is 4.74 Å². The zero-order valence-electron chi connectivity index (χ0n) is 10.4. The molecule has 0 aliphatic rings. The molecule has 1 rings (SSSR count). The van der Waals surface area contributed by atoms with Gasteiger partial charge in [0.25, 0.3) is 0 Å². The molecule has 0 atom stereocenters. The summed E-state index contributed by atoms with van der Waals surface area (Å²) in [5.41, 5.74) is -0.265. The van der Waals surface area contributed by atoms with Crippen molar-refractivity contribution in [1.29, 1.82) is 5.26 Å². The molecule has 0 saturated heterocycles. The Morgan fingerprint density at radius 2 is 2.12 bits per heavy atom. The quantitative estimate of drug-likeness (QED) is 0.700. The fraction of sp³-hybridized carbons (Fsp3) is 0.500. The van der Waals surface area contributed by atoms with Crippen LogP contribution in [0.15, 0.2) is 24.3 Å². The van der Waals surface area contributed by atoms with E-state index in [0.717, 1.165) is 19.3 Å². The molecule has 0 bridgehead atoms. The molecule has 0 saturated carbocycles. The lowest BCUT2D eigenvalue weighted by molar-refractivity contribution is 0.293. The van der Waals surface area contributed by atoms with Crippen molar-refractivity contribution >= 4 is 0 Å². The summed E-state index contributed by atoms with van der Waals surface area (Å²) in [4.78, 5) is 0. The average Bonchev–Trinajstić information content (AvgIpc) is 2.29. The van der Waals surface area contributed by atoms with E-state index in [4.69, 9.17) is 10.00 Å². The number of nitriles is 1. The number of hydrogen-bond acceptors (Lipinski definition) is 2. The first-order valence-corrected chi connectivity index (χ1v) is 5.83. The van der Waals surface area contributed by atoms with E-state index < -0.39 is 0 Å². The third kappa shape index (κ3) is 5.35. The molecule has 1 aromatic rings. The third-order valence-corrected chi connectivity index (χ3v) is 2.56. The van der Waals surface area contributed by atoms with Crippen molar-refractivity contribution in [3.63, 3.8) is 0 Å². The number of unbranched alkanes of at least 4 members (excludes halogenated alkanes) is 1. The minimum Gasteiger partial charge on any atom is -0.493 e. The summed E-state index contributed by atoms with van der Waals surface area (Å²) in [6, 6.07) is 8.40. The summed E-state index contributed by atoms with van der Waals surface area (Å²) in [5, 5.41) is 8.84. The highest BCUT2D eigenvalue weighted by molar-refractivity contribution is 5.22. The standard InChI is InChI=1S/C14H18FNO/c1-14(2,11-16)8-3-4-9-17-13-7-5-6-12(15)10-13/h5-7,10H,3-4,8-9H2,1-2H3. The molecule has 0 aliphatic carbocycles. The Balaban J connectivity index is 2.19. The van der Waals surface area contributed by atoms with Crippen molar-refractivity contribution in [1.82, 2.24) is 0 Å². The minimum atomic E-state index is -0.284. The van der Waals surface area contributed by atoms with Gasteiger partial charge in [0.2, 0.25) is 0 Å². The Labute approximate surface area is 102 Å². The van der Waals surface area contributed by atoms with Gasteiger partial charge in [0.1, 0.15) is 11.6 Å². The summed E-state index contributed by atoms with van der Waals surface area (Å²) in [6.07, 6.45) is 2.67. The normalized spacial score (nSPS) is 10.9. The van der Waals surface area contributed by atoms with Gasteiger partial charge in [0.05, 0.1) is 18.1 Å². The molecule has 0 spiro atoms. The summed E-state index contributed by atoms with van der Waals surface area (Å²) in [7, 11) is 0. The van der Waals surface area contributed by atoms with Gasteiger partial charge in [0.15, 0.2) is 0 Å². The van der Waals surface area contributed by atoms with Crippen LogP contribution in [0.2, 0.25) is 0 Å². The number of hydrogen-bond donors (Lipinski definition) is 0. The Bertz CT molecular complexity index is 395. The smallest absolute Gasteiger partial charge is 0.126 e. The molecule has 3 heteroatoms. The van der Waals surface area contributed by atoms with E-state index in [9.17, 15) is 4.39 Å². The molecular formula is C14H18FNO. The van der Waals surface area contributed by atoms with E-state index in [2.05, 4.69) is 6.07 Å². The van der Waals surface area contributed by atoms with Crippen molar-refractivity contribution in [2.24, 2.45) is 5.41 Å². The molecular weight excluding hydrogens is 217 g/mol. The zero-order chi connectivity index (χ0) is 12.7. The molecule has 1 aromatic carbocycles. The molecule has 0 amide bonds. The Morgan fingerprint density at radius 3 is 2.76 bits per heavy atom. The summed E-state index contributed by atoms with van der Waals surface area (Å²) in [5.74, 6) is 0.276. The lowest BCUT2D eigenvalue weighted by Crippen LogP contribution is -2.08. The second-order valence-electron chi connectivity index (χ2n) is 4.76. The van der Waals surface area contributed by atoms with Gasteiger partial charge in [-0.2, -0.15) is 5.26 Å². The van der Waals surface area contributed by atoms with Gasteiger partial charge in [0, 0.05) is 6.07 Å². The van der Waals surface area contributed by atoms with Gasteiger partial charge in [-0.25, -0.2) is 4.39 Å². The topological polar surface area (TPSA) is 33.0 Å². The fourth-order valence-corrected chi connectivity index (χ4v) is 1.47. The molecule has 0 N–H and O–H groups in total. The number of nitrogens with zero attached hydrogens (tertiary/aromatic N) is 1. The molecule has 2 nitrogen and oxygen atoms in total. The molecule has 0 unspecified atom stereocenters. The predicted octanol–water partition coefficient (Wildman–Crippen LogP) is 3.92. The van der Waals surface area contributed by atoms with Crippen LogP contribution in [0.5, 0.6) is 5.75 Å². The van der Waals surface area contributed by atoms with Crippen LogP contribution in [0, 0.1) is 22.6 Å². The maximum Gasteiger partial charge on any atom is 0.126 e. The largest absolute Gasteiger partial charge is 0.493 e.